The highest BCUT2D eigenvalue weighted by Gasteiger charge is 2.37. The van der Waals surface area contributed by atoms with Gasteiger partial charge in [-0.15, -0.1) is 11.6 Å². The van der Waals surface area contributed by atoms with Crippen molar-refractivity contribution in [2.45, 2.75) is 24.8 Å². The number of nitrogens with one attached hydrogen (secondary N) is 1. The third kappa shape index (κ3) is 2.55. The van der Waals surface area contributed by atoms with Crippen molar-refractivity contribution in [3.05, 3.63) is 29.8 Å². The van der Waals surface area contributed by atoms with Gasteiger partial charge in [0.15, 0.2) is 0 Å². The minimum absolute atomic E-state index is 0.0620. The predicted molar refractivity (Wildman–Crippen MR) is 67.8 cm³/mol. The lowest BCUT2D eigenvalue weighted by Gasteiger charge is -2.41. The summed E-state index contributed by atoms with van der Waals surface area (Å²) in [4.78, 5) is 12.0. The average molecular weight is 254 g/mol. The molecule has 0 bridgehead atoms. The summed E-state index contributed by atoms with van der Waals surface area (Å²) in [5.74, 6) is 1.17. The molecular formula is C13H16ClNO2. The van der Waals surface area contributed by atoms with Crippen molar-refractivity contribution >= 4 is 17.5 Å². The van der Waals surface area contributed by atoms with E-state index in [-0.39, 0.29) is 11.4 Å². The first-order chi connectivity index (χ1) is 8.19. The molecule has 1 aromatic carbocycles. The molecule has 0 aliphatic heterocycles. The van der Waals surface area contributed by atoms with Gasteiger partial charge >= 0.3 is 0 Å². The van der Waals surface area contributed by atoms with E-state index < -0.39 is 0 Å². The number of hydrogen-bond donors (Lipinski definition) is 1. The number of hydrogen-bond acceptors (Lipinski definition) is 2. The molecule has 1 aliphatic carbocycles. The van der Waals surface area contributed by atoms with Gasteiger partial charge < -0.3 is 10.1 Å². The molecule has 3 nitrogen and oxygen atoms in total. The SMILES string of the molecule is COc1ccc(C(=O)NC2(CCl)CCC2)cc1. The summed E-state index contributed by atoms with van der Waals surface area (Å²) >= 11 is 5.90. The van der Waals surface area contributed by atoms with Crippen LogP contribution < -0.4 is 10.1 Å². The monoisotopic (exact) mass is 253 g/mol. The fraction of sp³-hybridized carbons (Fsp3) is 0.462. The van der Waals surface area contributed by atoms with Crippen LogP contribution in [0.1, 0.15) is 29.6 Å². The summed E-state index contributed by atoms with van der Waals surface area (Å²) in [6, 6.07) is 7.08. The van der Waals surface area contributed by atoms with E-state index in [0.29, 0.717) is 11.4 Å². The van der Waals surface area contributed by atoms with Crippen LogP contribution in [0, 0.1) is 0 Å². The molecule has 2 rings (SSSR count). The number of carbonyl (C=O) groups excluding carboxylic acids is 1. The van der Waals surface area contributed by atoms with Gasteiger partial charge in [-0.25, -0.2) is 0 Å². The van der Waals surface area contributed by atoms with Gasteiger partial charge in [0.2, 0.25) is 0 Å². The summed E-state index contributed by atoms with van der Waals surface area (Å²) in [5, 5.41) is 3.02. The Kier molecular flexibility index (Phi) is 3.57. The topological polar surface area (TPSA) is 38.3 Å². The smallest absolute Gasteiger partial charge is 0.251 e. The van der Waals surface area contributed by atoms with Crippen LogP contribution in [0.4, 0.5) is 0 Å². The maximum Gasteiger partial charge on any atom is 0.251 e. The van der Waals surface area contributed by atoms with Crippen LogP contribution in [-0.2, 0) is 0 Å². The number of ether oxygens (including phenoxy) is 1. The molecule has 0 unspecified atom stereocenters. The molecule has 1 aromatic rings. The van der Waals surface area contributed by atoms with Crippen molar-refractivity contribution in [1.29, 1.82) is 0 Å². The third-order valence-corrected chi connectivity index (χ3v) is 3.81. The van der Waals surface area contributed by atoms with Crippen molar-refractivity contribution in [3.8, 4) is 5.75 Å². The van der Waals surface area contributed by atoms with Crippen LogP contribution in [0.25, 0.3) is 0 Å². The van der Waals surface area contributed by atoms with E-state index in [9.17, 15) is 4.79 Å². The Morgan fingerprint density at radius 1 is 1.41 bits per heavy atom. The van der Waals surface area contributed by atoms with Gasteiger partial charge in [-0.1, -0.05) is 0 Å². The number of methoxy groups -OCH3 is 1. The fourth-order valence-corrected chi connectivity index (χ4v) is 2.29. The Morgan fingerprint density at radius 3 is 2.47 bits per heavy atom. The zero-order chi connectivity index (χ0) is 12.3. The van der Waals surface area contributed by atoms with Crippen molar-refractivity contribution in [2.24, 2.45) is 0 Å². The molecule has 17 heavy (non-hydrogen) atoms. The summed E-state index contributed by atoms with van der Waals surface area (Å²) in [6.45, 7) is 0. The van der Waals surface area contributed by atoms with Crippen LogP contribution >= 0.6 is 11.6 Å². The molecule has 1 aliphatic rings. The average Bonchev–Trinajstić information content (AvgIpc) is 2.33. The second-order valence-electron chi connectivity index (χ2n) is 4.45. The first-order valence-corrected chi connectivity index (χ1v) is 6.25. The molecule has 0 spiro atoms. The zero-order valence-corrected chi connectivity index (χ0v) is 10.6. The highest BCUT2D eigenvalue weighted by atomic mass is 35.5. The van der Waals surface area contributed by atoms with E-state index in [1.807, 2.05) is 0 Å². The van der Waals surface area contributed by atoms with Crippen molar-refractivity contribution in [2.75, 3.05) is 13.0 Å². The lowest BCUT2D eigenvalue weighted by Crippen LogP contribution is -2.55. The molecule has 0 radical (unpaired) electrons. The third-order valence-electron chi connectivity index (χ3n) is 3.30. The number of alkyl halides is 1. The Morgan fingerprint density at radius 2 is 2.06 bits per heavy atom. The van der Waals surface area contributed by atoms with Gasteiger partial charge in [0.25, 0.3) is 5.91 Å². The van der Waals surface area contributed by atoms with E-state index in [2.05, 4.69) is 5.32 Å². The summed E-state index contributed by atoms with van der Waals surface area (Å²) in [6.07, 6.45) is 3.08. The lowest BCUT2D eigenvalue weighted by atomic mass is 9.78. The van der Waals surface area contributed by atoms with Crippen molar-refractivity contribution in [1.82, 2.24) is 5.32 Å². The van der Waals surface area contributed by atoms with Crippen LogP contribution in [-0.4, -0.2) is 24.4 Å². The fourth-order valence-electron chi connectivity index (χ4n) is 1.95. The first-order valence-electron chi connectivity index (χ1n) is 5.72. The van der Waals surface area contributed by atoms with Gasteiger partial charge in [0.05, 0.1) is 12.6 Å². The first kappa shape index (κ1) is 12.2. The second kappa shape index (κ2) is 4.96. The maximum atomic E-state index is 12.0. The second-order valence-corrected chi connectivity index (χ2v) is 4.72. The number of carbonyl (C=O) groups is 1. The number of amides is 1. The van der Waals surface area contributed by atoms with Gasteiger partial charge in [-0.3, -0.25) is 4.79 Å². The number of benzene rings is 1. The Balaban J connectivity index is 2.03. The van der Waals surface area contributed by atoms with Crippen LogP contribution in [0.3, 0.4) is 0 Å². The Bertz CT molecular complexity index is 393. The van der Waals surface area contributed by atoms with Gasteiger partial charge in [-0.2, -0.15) is 0 Å². The number of halogens is 1. The van der Waals surface area contributed by atoms with E-state index in [1.165, 1.54) is 0 Å². The van der Waals surface area contributed by atoms with Crippen LogP contribution in [0.15, 0.2) is 24.3 Å². The standard InChI is InChI=1S/C13H16ClNO2/c1-17-11-5-3-10(4-6-11)12(16)15-13(9-14)7-2-8-13/h3-6H,2,7-9H2,1H3,(H,15,16). The molecule has 0 aromatic heterocycles. The molecule has 0 saturated heterocycles. The van der Waals surface area contributed by atoms with E-state index in [0.717, 1.165) is 25.0 Å². The zero-order valence-electron chi connectivity index (χ0n) is 9.83. The van der Waals surface area contributed by atoms with Crippen LogP contribution in [0.2, 0.25) is 0 Å². The van der Waals surface area contributed by atoms with Crippen molar-refractivity contribution in [3.63, 3.8) is 0 Å². The normalized spacial score (nSPS) is 17.1. The Hall–Kier alpha value is -1.22. The molecule has 1 fully saturated rings. The molecule has 0 heterocycles. The quantitative estimate of drug-likeness (QED) is 0.838. The van der Waals surface area contributed by atoms with Crippen molar-refractivity contribution < 1.29 is 9.53 Å². The van der Waals surface area contributed by atoms with E-state index in [1.54, 1.807) is 31.4 Å². The molecule has 1 N–H and O–H groups in total. The largest absolute Gasteiger partial charge is 0.497 e. The summed E-state index contributed by atoms with van der Waals surface area (Å²) in [5.41, 5.74) is 0.459. The summed E-state index contributed by atoms with van der Waals surface area (Å²) < 4.78 is 5.05. The highest BCUT2D eigenvalue weighted by molar-refractivity contribution is 6.19. The molecule has 92 valence electrons. The molecule has 1 amide bonds. The molecule has 0 atom stereocenters. The van der Waals surface area contributed by atoms with Gasteiger partial charge in [-0.05, 0) is 43.5 Å². The lowest BCUT2D eigenvalue weighted by molar-refractivity contribution is 0.0854. The number of rotatable bonds is 4. The minimum atomic E-state index is -0.182. The highest BCUT2D eigenvalue weighted by Crippen LogP contribution is 2.33. The summed E-state index contributed by atoms with van der Waals surface area (Å²) in [7, 11) is 1.60. The van der Waals surface area contributed by atoms with E-state index in [4.69, 9.17) is 16.3 Å². The molecular weight excluding hydrogens is 238 g/mol. The van der Waals surface area contributed by atoms with Crippen LogP contribution in [0.5, 0.6) is 5.75 Å². The van der Waals surface area contributed by atoms with Gasteiger partial charge in [0, 0.05) is 11.4 Å². The molecule has 4 heteroatoms. The Labute approximate surface area is 106 Å². The van der Waals surface area contributed by atoms with E-state index >= 15 is 0 Å². The van der Waals surface area contributed by atoms with Gasteiger partial charge in [0.1, 0.15) is 5.75 Å². The molecule has 1 saturated carbocycles. The predicted octanol–water partition coefficient (Wildman–Crippen LogP) is 2.59. The maximum absolute atomic E-state index is 12.0. The minimum Gasteiger partial charge on any atom is -0.497 e.